The van der Waals surface area contributed by atoms with Gasteiger partial charge in [0, 0.05) is 8.07 Å². The first kappa shape index (κ1) is 15.3. The summed E-state index contributed by atoms with van der Waals surface area (Å²) in [5, 5.41) is 1.87. The van der Waals surface area contributed by atoms with Crippen molar-refractivity contribution in [3.05, 3.63) is 21.9 Å². The van der Waals surface area contributed by atoms with Crippen molar-refractivity contribution in [1.82, 2.24) is 0 Å². The van der Waals surface area contributed by atoms with Crippen LogP contribution in [0.2, 0.25) is 45.3 Å². The van der Waals surface area contributed by atoms with Gasteiger partial charge in [-0.2, -0.15) is 0 Å². The van der Waals surface area contributed by atoms with Crippen molar-refractivity contribution in [3.8, 4) is 0 Å². The van der Waals surface area contributed by atoms with Crippen LogP contribution in [0.4, 0.5) is 0 Å². The van der Waals surface area contributed by atoms with E-state index in [2.05, 4.69) is 46.2 Å². The lowest BCUT2D eigenvalue weighted by Gasteiger charge is -2.27. The van der Waals surface area contributed by atoms with Gasteiger partial charge < -0.3 is 0 Å². The summed E-state index contributed by atoms with van der Waals surface area (Å²) in [5.41, 5.74) is 5.50. The van der Waals surface area contributed by atoms with Crippen LogP contribution in [0.1, 0.15) is 32.6 Å². The topological polar surface area (TPSA) is 0 Å². The lowest BCUT2D eigenvalue weighted by Crippen LogP contribution is -2.27. The maximum absolute atomic E-state index is 2.54. The van der Waals surface area contributed by atoms with E-state index in [0.717, 1.165) is 5.92 Å². The van der Waals surface area contributed by atoms with Crippen LogP contribution in [-0.4, -0.2) is 16.1 Å². The third-order valence-corrected chi connectivity index (χ3v) is 8.55. The lowest BCUT2D eigenvalue weighted by atomic mass is 9.88. The van der Waals surface area contributed by atoms with Crippen LogP contribution in [0.15, 0.2) is 21.9 Å². The zero-order valence-corrected chi connectivity index (χ0v) is 16.1. The van der Waals surface area contributed by atoms with Gasteiger partial charge in [0.25, 0.3) is 0 Å². The van der Waals surface area contributed by atoms with Gasteiger partial charge >= 0.3 is 0 Å². The van der Waals surface area contributed by atoms with Crippen LogP contribution >= 0.6 is 0 Å². The molecule has 0 aromatic heterocycles. The molecule has 2 heteroatoms. The normalized spacial score (nSPS) is 25.1. The highest BCUT2D eigenvalue weighted by Crippen LogP contribution is 2.50. The minimum absolute atomic E-state index is 0.837. The van der Waals surface area contributed by atoms with Gasteiger partial charge in [-0.05, 0) is 50.1 Å². The highest BCUT2D eigenvalue weighted by Gasteiger charge is 2.39. The van der Waals surface area contributed by atoms with Crippen LogP contribution in [0.25, 0.3) is 0 Å². The molecule has 0 heterocycles. The van der Waals surface area contributed by atoms with Crippen LogP contribution in [0, 0.1) is 5.92 Å². The maximum Gasteiger partial charge on any atom is 0.0779 e. The van der Waals surface area contributed by atoms with E-state index in [1.807, 2.05) is 16.3 Å². The molecule has 0 bridgehead atoms. The summed E-state index contributed by atoms with van der Waals surface area (Å²) in [5.74, 6) is 0.837. The Labute approximate surface area is 122 Å². The molecule has 0 aromatic carbocycles. The summed E-state index contributed by atoms with van der Waals surface area (Å²) < 4.78 is 0. The van der Waals surface area contributed by atoms with Crippen molar-refractivity contribution in [3.63, 3.8) is 0 Å². The molecule has 108 valence electrons. The van der Waals surface area contributed by atoms with E-state index in [0.29, 0.717) is 0 Å². The van der Waals surface area contributed by atoms with E-state index >= 15 is 0 Å². The van der Waals surface area contributed by atoms with Crippen molar-refractivity contribution in [2.75, 3.05) is 0 Å². The van der Waals surface area contributed by atoms with Crippen molar-refractivity contribution in [2.45, 2.75) is 77.9 Å². The van der Waals surface area contributed by atoms with Crippen molar-refractivity contribution in [1.29, 1.82) is 0 Å². The molecule has 0 spiro atoms. The Morgan fingerprint density at radius 1 is 0.947 bits per heavy atom. The molecule has 0 fully saturated rings. The first-order valence-electron chi connectivity index (χ1n) is 8.05. The van der Waals surface area contributed by atoms with Crippen LogP contribution < -0.4 is 0 Å². The average Bonchev–Trinajstić information content (AvgIpc) is 2.49. The Bertz CT molecular complexity index is 427. The fourth-order valence-electron chi connectivity index (χ4n) is 4.21. The first-order valence-corrected chi connectivity index (χ1v) is 15.3. The van der Waals surface area contributed by atoms with Gasteiger partial charge in [-0.1, -0.05) is 55.6 Å². The molecule has 0 saturated heterocycles. The van der Waals surface area contributed by atoms with Crippen LogP contribution in [0.3, 0.4) is 0 Å². The summed E-state index contributed by atoms with van der Waals surface area (Å²) in [6.45, 7) is 17.7. The Morgan fingerprint density at radius 3 is 2.05 bits per heavy atom. The minimum atomic E-state index is -1.18. The van der Waals surface area contributed by atoms with Gasteiger partial charge in [-0.3, -0.25) is 0 Å². The first-order chi connectivity index (χ1) is 8.61. The van der Waals surface area contributed by atoms with E-state index in [9.17, 15) is 0 Å². The smallest absolute Gasteiger partial charge is 0.0695 e. The SMILES string of the molecule is CC1=C([Si](C)(C)C)C2=C(CCCC2)C1C[Si](C)(C)C. The largest absolute Gasteiger partial charge is 0.0779 e. The Morgan fingerprint density at radius 2 is 1.53 bits per heavy atom. The van der Waals surface area contributed by atoms with Crippen molar-refractivity contribution < 1.29 is 0 Å². The fourth-order valence-corrected chi connectivity index (χ4v) is 8.53. The molecule has 0 N–H and O–H groups in total. The molecule has 0 radical (unpaired) electrons. The van der Waals surface area contributed by atoms with Gasteiger partial charge in [-0.15, -0.1) is 0 Å². The lowest BCUT2D eigenvalue weighted by molar-refractivity contribution is 0.633. The third-order valence-electron chi connectivity index (χ3n) is 4.72. The predicted molar refractivity (Wildman–Crippen MR) is 93.2 cm³/mol. The van der Waals surface area contributed by atoms with E-state index in [4.69, 9.17) is 0 Å². The summed E-state index contributed by atoms with van der Waals surface area (Å²) in [6, 6.07) is 1.48. The van der Waals surface area contributed by atoms with Crippen molar-refractivity contribution in [2.24, 2.45) is 5.92 Å². The second-order valence-electron chi connectivity index (χ2n) is 8.84. The number of rotatable bonds is 3. The summed E-state index contributed by atoms with van der Waals surface area (Å²) >= 11 is 0. The average molecular weight is 293 g/mol. The highest BCUT2D eigenvalue weighted by molar-refractivity contribution is 6.84. The Balaban J connectivity index is 2.44. The van der Waals surface area contributed by atoms with Crippen LogP contribution in [-0.2, 0) is 0 Å². The standard InChI is InChI=1S/C17H32Si2/c1-13-16(12-18(2,3)4)14-10-8-9-11-15(14)17(13)19(5,6)7/h16H,8-12H2,1-7H3. The minimum Gasteiger partial charge on any atom is -0.0695 e. The summed E-state index contributed by atoms with van der Waals surface area (Å²) in [6.07, 6.45) is 5.65. The second-order valence-corrected chi connectivity index (χ2v) is 19.4. The molecule has 0 amide bonds. The molecular formula is C17H32Si2. The van der Waals surface area contributed by atoms with E-state index < -0.39 is 16.1 Å². The molecule has 0 nitrogen and oxygen atoms in total. The molecule has 2 aliphatic carbocycles. The number of allylic oxidation sites excluding steroid dienone is 4. The number of hydrogen-bond acceptors (Lipinski definition) is 0. The molecule has 1 unspecified atom stereocenters. The third kappa shape index (κ3) is 3.16. The zero-order valence-electron chi connectivity index (χ0n) is 14.1. The monoisotopic (exact) mass is 292 g/mol. The number of hydrogen-bond donors (Lipinski definition) is 0. The molecule has 0 aromatic rings. The van der Waals surface area contributed by atoms with Gasteiger partial charge in [0.1, 0.15) is 0 Å². The quantitative estimate of drug-likeness (QED) is 0.558. The summed E-state index contributed by atoms with van der Waals surface area (Å²) in [4.78, 5) is 0. The van der Waals surface area contributed by atoms with E-state index in [1.54, 1.807) is 5.57 Å². The molecule has 1 atom stereocenters. The molecule has 2 aliphatic rings. The molecule has 19 heavy (non-hydrogen) atoms. The molecule has 2 rings (SSSR count). The molecule has 0 saturated carbocycles. The second kappa shape index (κ2) is 5.03. The fraction of sp³-hybridized carbons (Fsp3) is 0.765. The highest BCUT2D eigenvalue weighted by atomic mass is 28.3. The zero-order chi connectivity index (χ0) is 14.4. The molecule has 0 aliphatic heterocycles. The maximum atomic E-state index is 2.54. The molecular weight excluding hydrogens is 260 g/mol. The van der Waals surface area contributed by atoms with Gasteiger partial charge in [0.15, 0.2) is 0 Å². The van der Waals surface area contributed by atoms with Crippen LogP contribution in [0.5, 0.6) is 0 Å². The van der Waals surface area contributed by atoms with Gasteiger partial charge in [0.05, 0.1) is 8.07 Å². The van der Waals surface area contributed by atoms with Gasteiger partial charge in [-0.25, -0.2) is 0 Å². The Kier molecular flexibility index (Phi) is 4.05. The summed E-state index contributed by atoms with van der Waals surface area (Å²) in [7, 11) is -2.16. The Hall–Kier alpha value is -0.0862. The van der Waals surface area contributed by atoms with Gasteiger partial charge in [0.2, 0.25) is 0 Å². The predicted octanol–water partition coefficient (Wildman–Crippen LogP) is 6.02. The van der Waals surface area contributed by atoms with Crippen molar-refractivity contribution >= 4 is 16.1 Å². The van der Waals surface area contributed by atoms with E-state index in [1.165, 1.54) is 31.7 Å². The van der Waals surface area contributed by atoms with E-state index in [-0.39, 0.29) is 0 Å².